The van der Waals surface area contributed by atoms with Crippen molar-refractivity contribution in [3.05, 3.63) is 102 Å². The van der Waals surface area contributed by atoms with Crippen molar-refractivity contribution in [2.24, 2.45) is 0 Å². The van der Waals surface area contributed by atoms with Crippen LogP contribution in [0.3, 0.4) is 0 Å². The lowest BCUT2D eigenvalue weighted by Gasteiger charge is -2.22. The van der Waals surface area contributed by atoms with Crippen LogP contribution in [0.1, 0.15) is 34.8 Å². The molecule has 0 bridgehead atoms. The van der Waals surface area contributed by atoms with E-state index < -0.39 is 11.5 Å². The first kappa shape index (κ1) is 21.5. The van der Waals surface area contributed by atoms with E-state index in [0.717, 1.165) is 5.56 Å². The summed E-state index contributed by atoms with van der Waals surface area (Å²) in [6.45, 7) is 2.72. The highest BCUT2D eigenvalue weighted by Crippen LogP contribution is 2.42. The van der Waals surface area contributed by atoms with E-state index in [1.54, 1.807) is 42.5 Å². The molecule has 0 aliphatic carbocycles. The first-order chi connectivity index (χ1) is 15.5. The van der Waals surface area contributed by atoms with Crippen LogP contribution in [-0.2, 0) is 10.4 Å². The number of fused-ring (bicyclic) bond motifs is 1. The first-order valence-corrected chi connectivity index (χ1v) is 10.6. The molecule has 3 aromatic carbocycles. The number of hydrogen-bond acceptors (Lipinski definition) is 4. The molecule has 1 unspecified atom stereocenters. The van der Waals surface area contributed by atoms with Gasteiger partial charge in [0.15, 0.2) is 11.4 Å². The highest BCUT2D eigenvalue weighted by Gasteiger charge is 2.50. The van der Waals surface area contributed by atoms with E-state index in [0.29, 0.717) is 35.7 Å². The molecule has 5 nitrogen and oxygen atoms in total. The molecule has 32 heavy (non-hydrogen) atoms. The van der Waals surface area contributed by atoms with Crippen LogP contribution in [0.25, 0.3) is 6.08 Å². The predicted octanol–water partition coefficient (Wildman–Crippen LogP) is 4.61. The molecule has 0 aromatic heterocycles. The lowest BCUT2D eigenvalue weighted by Crippen LogP contribution is -2.41. The maximum absolute atomic E-state index is 13.3. The number of Topliss-reactive ketones (excluding diaryl/α,β-unsaturated/α-hetero) is 1. The van der Waals surface area contributed by atoms with E-state index in [4.69, 9.17) is 4.74 Å². The SMILES string of the molecule is CCOc1ccc(C(=O)CC2(O)C(=O)N(C/C=C/c3ccccc3)c3ccccc32)cc1. The van der Waals surface area contributed by atoms with Crippen LogP contribution in [0.4, 0.5) is 5.69 Å². The molecule has 0 fully saturated rings. The zero-order valence-corrected chi connectivity index (χ0v) is 17.9. The fourth-order valence-electron chi connectivity index (χ4n) is 3.96. The molecule has 4 rings (SSSR count). The number of anilines is 1. The number of para-hydroxylation sites is 1. The molecule has 0 spiro atoms. The molecule has 1 N–H and O–H groups in total. The largest absolute Gasteiger partial charge is 0.494 e. The highest BCUT2D eigenvalue weighted by atomic mass is 16.5. The van der Waals surface area contributed by atoms with Crippen molar-refractivity contribution >= 4 is 23.5 Å². The van der Waals surface area contributed by atoms with E-state index in [1.165, 1.54) is 4.90 Å². The number of benzene rings is 3. The minimum absolute atomic E-state index is 0.296. The number of carbonyl (C=O) groups is 2. The molecular formula is C27H25NO4. The zero-order valence-electron chi connectivity index (χ0n) is 17.9. The van der Waals surface area contributed by atoms with Crippen molar-refractivity contribution < 1.29 is 19.4 Å². The molecule has 162 valence electrons. The predicted molar refractivity (Wildman–Crippen MR) is 125 cm³/mol. The van der Waals surface area contributed by atoms with Crippen molar-refractivity contribution in [3.63, 3.8) is 0 Å². The van der Waals surface area contributed by atoms with Gasteiger partial charge in [-0.05, 0) is 42.8 Å². The zero-order chi connectivity index (χ0) is 22.6. The summed E-state index contributed by atoms with van der Waals surface area (Å²) >= 11 is 0. The van der Waals surface area contributed by atoms with Crippen molar-refractivity contribution in [1.29, 1.82) is 0 Å². The van der Waals surface area contributed by atoms with Crippen molar-refractivity contribution in [1.82, 2.24) is 0 Å². The summed E-state index contributed by atoms with van der Waals surface area (Å²) in [5.74, 6) is -0.127. The van der Waals surface area contributed by atoms with Crippen LogP contribution in [0.15, 0.2) is 84.9 Å². The Morgan fingerprint density at radius 1 is 1.00 bits per heavy atom. The summed E-state index contributed by atoms with van der Waals surface area (Å²) in [5, 5.41) is 11.4. The van der Waals surface area contributed by atoms with Gasteiger partial charge in [-0.3, -0.25) is 9.59 Å². The molecule has 1 aliphatic rings. The highest BCUT2D eigenvalue weighted by molar-refractivity contribution is 6.11. The Balaban J connectivity index is 1.56. The van der Waals surface area contributed by atoms with E-state index in [-0.39, 0.29) is 12.2 Å². The Morgan fingerprint density at radius 3 is 2.41 bits per heavy atom. The molecule has 0 saturated carbocycles. The summed E-state index contributed by atoms with van der Waals surface area (Å²) in [7, 11) is 0. The quantitative estimate of drug-likeness (QED) is 0.534. The van der Waals surface area contributed by atoms with Crippen molar-refractivity contribution in [2.45, 2.75) is 18.9 Å². The number of rotatable bonds is 8. The second kappa shape index (κ2) is 9.20. The summed E-state index contributed by atoms with van der Waals surface area (Å²) in [5.41, 5.74) is 0.630. The minimum Gasteiger partial charge on any atom is -0.494 e. The van der Waals surface area contributed by atoms with Gasteiger partial charge in [0.2, 0.25) is 0 Å². The van der Waals surface area contributed by atoms with Crippen LogP contribution >= 0.6 is 0 Å². The lowest BCUT2D eigenvalue weighted by molar-refractivity contribution is -0.135. The minimum atomic E-state index is -1.90. The fourth-order valence-corrected chi connectivity index (χ4v) is 3.96. The summed E-state index contributed by atoms with van der Waals surface area (Å²) < 4.78 is 5.41. The topological polar surface area (TPSA) is 66.8 Å². The van der Waals surface area contributed by atoms with E-state index in [2.05, 4.69) is 0 Å². The Morgan fingerprint density at radius 2 is 1.69 bits per heavy atom. The number of amides is 1. The lowest BCUT2D eigenvalue weighted by atomic mass is 9.88. The number of aliphatic hydroxyl groups is 1. The number of ether oxygens (including phenoxy) is 1. The average molecular weight is 428 g/mol. The van der Waals surface area contributed by atoms with Crippen molar-refractivity contribution in [3.8, 4) is 5.75 Å². The van der Waals surface area contributed by atoms with Gasteiger partial charge in [0, 0.05) is 17.7 Å². The van der Waals surface area contributed by atoms with Gasteiger partial charge < -0.3 is 14.7 Å². The molecule has 1 aliphatic heterocycles. The van der Waals surface area contributed by atoms with E-state index in [9.17, 15) is 14.7 Å². The van der Waals surface area contributed by atoms with Gasteiger partial charge in [0.05, 0.1) is 18.7 Å². The number of ketones is 1. The Kier molecular flexibility index (Phi) is 6.19. The second-order valence-corrected chi connectivity index (χ2v) is 7.66. The smallest absolute Gasteiger partial charge is 0.264 e. The van der Waals surface area contributed by atoms with Gasteiger partial charge in [-0.15, -0.1) is 0 Å². The molecule has 3 aromatic rings. The van der Waals surface area contributed by atoms with Crippen LogP contribution in [0.5, 0.6) is 5.75 Å². The van der Waals surface area contributed by atoms with Crippen LogP contribution in [0, 0.1) is 0 Å². The molecule has 1 heterocycles. The number of nitrogens with zero attached hydrogens (tertiary/aromatic N) is 1. The Bertz CT molecular complexity index is 1140. The van der Waals surface area contributed by atoms with Gasteiger partial charge in [0.25, 0.3) is 5.91 Å². The van der Waals surface area contributed by atoms with Crippen LogP contribution in [0.2, 0.25) is 0 Å². The Hall–Kier alpha value is -3.70. The van der Waals surface area contributed by atoms with Crippen LogP contribution < -0.4 is 9.64 Å². The first-order valence-electron chi connectivity index (χ1n) is 10.6. The van der Waals surface area contributed by atoms with Gasteiger partial charge in [-0.1, -0.05) is 60.7 Å². The fraction of sp³-hybridized carbons (Fsp3) is 0.185. The van der Waals surface area contributed by atoms with Gasteiger partial charge in [-0.2, -0.15) is 0 Å². The molecular weight excluding hydrogens is 402 g/mol. The third kappa shape index (κ3) is 4.20. The molecule has 5 heteroatoms. The number of carbonyl (C=O) groups excluding carboxylic acids is 2. The average Bonchev–Trinajstić information content (AvgIpc) is 3.02. The molecule has 0 saturated heterocycles. The maximum Gasteiger partial charge on any atom is 0.264 e. The van der Waals surface area contributed by atoms with E-state index in [1.807, 2.05) is 55.5 Å². The van der Waals surface area contributed by atoms with Gasteiger partial charge >= 0.3 is 0 Å². The molecule has 0 radical (unpaired) electrons. The second-order valence-electron chi connectivity index (χ2n) is 7.66. The van der Waals surface area contributed by atoms with Gasteiger partial charge in [0.1, 0.15) is 5.75 Å². The third-order valence-corrected chi connectivity index (χ3v) is 5.54. The molecule has 1 atom stereocenters. The van der Waals surface area contributed by atoms with Gasteiger partial charge in [-0.25, -0.2) is 0 Å². The summed E-state index contributed by atoms with van der Waals surface area (Å²) in [6.07, 6.45) is 3.48. The standard InChI is InChI=1S/C27H25NO4/c1-2-32-22-16-14-21(15-17-22)25(29)19-27(31)23-12-6-7-13-24(23)28(26(27)30)18-8-11-20-9-4-3-5-10-20/h3-17,31H,2,18-19H2,1H3/b11-8+. The normalized spacial score (nSPS) is 17.6. The summed E-state index contributed by atoms with van der Waals surface area (Å²) in [4.78, 5) is 27.8. The third-order valence-electron chi connectivity index (χ3n) is 5.54. The summed E-state index contributed by atoms with van der Waals surface area (Å²) in [6, 6.07) is 23.6. The Labute approximate surface area is 187 Å². The van der Waals surface area contributed by atoms with E-state index >= 15 is 0 Å². The number of hydrogen-bond donors (Lipinski definition) is 1. The van der Waals surface area contributed by atoms with Crippen molar-refractivity contribution in [2.75, 3.05) is 18.1 Å². The monoisotopic (exact) mass is 427 g/mol. The maximum atomic E-state index is 13.3. The molecule has 1 amide bonds. The van der Waals surface area contributed by atoms with Crippen LogP contribution in [-0.4, -0.2) is 29.9 Å².